The molecule has 6 heteroatoms. The smallest absolute Gasteiger partial charge is 0.203 e. The number of hydrogen-bond donors (Lipinski definition) is 1. The van der Waals surface area contributed by atoms with E-state index in [1.54, 1.807) is 21.3 Å². The SMILES string of the molecule is COc1ccc(CN2CCNCC2c2ccncc2)c(OC)c1OC. The summed E-state index contributed by atoms with van der Waals surface area (Å²) in [6, 6.07) is 8.44. The van der Waals surface area contributed by atoms with Crippen molar-refractivity contribution in [1.29, 1.82) is 0 Å². The molecular formula is C19H25N3O3. The average molecular weight is 343 g/mol. The minimum absolute atomic E-state index is 0.301. The Kier molecular flexibility index (Phi) is 5.73. The molecule has 1 aromatic heterocycles. The fraction of sp³-hybridized carbons (Fsp3) is 0.421. The molecule has 0 bridgehead atoms. The van der Waals surface area contributed by atoms with Gasteiger partial charge in [0.15, 0.2) is 11.5 Å². The lowest BCUT2D eigenvalue weighted by Gasteiger charge is -2.36. The van der Waals surface area contributed by atoms with Crippen LogP contribution >= 0.6 is 0 Å². The van der Waals surface area contributed by atoms with E-state index in [0.717, 1.165) is 37.5 Å². The fourth-order valence-electron chi connectivity index (χ4n) is 3.36. The van der Waals surface area contributed by atoms with Gasteiger partial charge in [-0.1, -0.05) is 6.07 Å². The van der Waals surface area contributed by atoms with E-state index >= 15 is 0 Å². The molecular weight excluding hydrogens is 318 g/mol. The number of aromatic nitrogens is 1. The van der Waals surface area contributed by atoms with Crippen LogP contribution in [0.4, 0.5) is 0 Å². The number of methoxy groups -OCH3 is 3. The summed E-state index contributed by atoms with van der Waals surface area (Å²) in [5.41, 5.74) is 2.35. The molecule has 0 amide bonds. The first-order valence-electron chi connectivity index (χ1n) is 8.41. The van der Waals surface area contributed by atoms with Crippen LogP contribution in [0.1, 0.15) is 17.2 Å². The third-order valence-electron chi connectivity index (χ3n) is 4.60. The molecule has 1 N–H and O–H groups in total. The van der Waals surface area contributed by atoms with Crippen molar-refractivity contribution in [2.24, 2.45) is 0 Å². The molecule has 1 saturated heterocycles. The summed E-state index contributed by atoms with van der Waals surface area (Å²) >= 11 is 0. The lowest BCUT2D eigenvalue weighted by atomic mass is 10.0. The molecule has 6 nitrogen and oxygen atoms in total. The van der Waals surface area contributed by atoms with Gasteiger partial charge in [-0.25, -0.2) is 0 Å². The lowest BCUT2D eigenvalue weighted by molar-refractivity contribution is 0.151. The second-order valence-corrected chi connectivity index (χ2v) is 5.96. The topological polar surface area (TPSA) is 55.9 Å². The number of pyridine rings is 1. The number of hydrogen-bond acceptors (Lipinski definition) is 6. The minimum atomic E-state index is 0.301. The maximum absolute atomic E-state index is 5.64. The Hall–Kier alpha value is -2.31. The van der Waals surface area contributed by atoms with E-state index in [0.29, 0.717) is 17.5 Å². The van der Waals surface area contributed by atoms with Gasteiger partial charge in [0, 0.05) is 50.2 Å². The highest BCUT2D eigenvalue weighted by molar-refractivity contribution is 5.55. The Morgan fingerprint density at radius 1 is 1.04 bits per heavy atom. The van der Waals surface area contributed by atoms with E-state index in [2.05, 4.69) is 27.3 Å². The van der Waals surface area contributed by atoms with Gasteiger partial charge in [0.2, 0.25) is 5.75 Å². The summed E-state index contributed by atoms with van der Waals surface area (Å²) in [4.78, 5) is 6.58. The monoisotopic (exact) mass is 343 g/mol. The van der Waals surface area contributed by atoms with Gasteiger partial charge in [0.25, 0.3) is 0 Å². The molecule has 0 radical (unpaired) electrons. The van der Waals surface area contributed by atoms with E-state index in [9.17, 15) is 0 Å². The average Bonchev–Trinajstić information content (AvgIpc) is 2.68. The summed E-state index contributed by atoms with van der Waals surface area (Å²) in [6.07, 6.45) is 3.69. The van der Waals surface area contributed by atoms with Crippen molar-refractivity contribution in [2.75, 3.05) is 41.0 Å². The Morgan fingerprint density at radius 3 is 2.48 bits per heavy atom. The van der Waals surface area contributed by atoms with Gasteiger partial charge >= 0.3 is 0 Å². The van der Waals surface area contributed by atoms with Crippen LogP contribution in [-0.4, -0.2) is 50.8 Å². The second-order valence-electron chi connectivity index (χ2n) is 5.96. The van der Waals surface area contributed by atoms with Crippen LogP contribution in [-0.2, 0) is 6.54 Å². The van der Waals surface area contributed by atoms with Crippen molar-refractivity contribution >= 4 is 0 Å². The number of piperazine rings is 1. The van der Waals surface area contributed by atoms with E-state index in [-0.39, 0.29) is 0 Å². The van der Waals surface area contributed by atoms with Crippen LogP contribution < -0.4 is 19.5 Å². The second kappa shape index (κ2) is 8.18. The molecule has 1 aliphatic rings. The largest absolute Gasteiger partial charge is 0.493 e. The number of benzene rings is 1. The van der Waals surface area contributed by atoms with Crippen LogP contribution in [0.5, 0.6) is 17.2 Å². The molecule has 0 spiro atoms. The molecule has 1 aliphatic heterocycles. The summed E-state index contributed by atoms with van der Waals surface area (Å²) in [7, 11) is 4.93. The van der Waals surface area contributed by atoms with Gasteiger partial charge in [-0.15, -0.1) is 0 Å². The molecule has 3 rings (SSSR count). The van der Waals surface area contributed by atoms with Crippen molar-refractivity contribution < 1.29 is 14.2 Å². The van der Waals surface area contributed by atoms with Crippen LogP contribution in [0.15, 0.2) is 36.7 Å². The van der Waals surface area contributed by atoms with E-state index < -0.39 is 0 Å². The maximum atomic E-state index is 5.64. The van der Waals surface area contributed by atoms with Crippen molar-refractivity contribution in [3.05, 3.63) is 47.8 Å². The predicted molar refractivity (Wildman–Crippen MR) is 96.4 cm³/mol. The van der Waals surface area contributed by atoms with Crippen molar-refractivity contribution in [2.45, 2.75) is 12.6 Å². The highest BCUT2D eigenvalue weighted by atomic mass is 16.5. The summed E-state index contributed by atoms with van der Waals surface area (Å²) in [5, 5.41) is 3.48. The Balaban J connectivity index is 1.89. The van der Waals surface area contributed by atoms with Crippen LogP contribution in [0, 0.1) is 0 Å². The van der Waals surface area contributed by atoms with Crippen LogP contribution in [0.2, 0.25) is 0 Å². The lowest BCUT2D eigenvalue weighted by Crippen LogP contribution is -2.45. The Labute approximate surface area is 148 Å². The molecule has 2 aromatic rings. The maximum Gasteiger partial charge on any atom is 0.203 e. The molecule has 1 aromatic carbocycles. The Bertz CT molecular complexity index is 694. The van der Waals surface area contributed by atoms with Crippen LogP contribution in [0.25, 0.3) is 0 Å². The minimum Gasteiger partial charge on any atom is -0.493 e. The van der Waals surface area contributed by atoms with Gasteiger partial charge in [0.05, 0.1) is 21.3 Å². The molecule has 0 aliphatic carbocycles. The summed E-state index contributed by atoms with van der Waals surface area (Å²) < 4.78 is 16.5. The van der Waals surface area contributed by atoms with Crippen molar-refractivity contribution in [1.82, 2.24) is 15.2 Å². The van der Waals surface area contributed by atoms with Gasteiger partial charge in [-0.3, -0.25) is 9.88 Å². The normalized spacial score (nSPS) is 18.0. The van der Waals surface area contributed by atoms with Gasteiger partial charge in [-0.2, -0.15) is 0 Å². The first kappa shape index (κ1) is 17.5. The zero-order valence-electron chi connectivity index (χ0n) is 15.0. The highest BCUT2D eigenvalue weighted by Gasteiger charge is 2.26. The number of nitrogens with zero attached hydrogens (tertiary/aromatic N) is 2. The predicted octanol–water partition coefficient (Wildman–Crippen LogP) is 2.25. The number of nitrogens with one attached hydrogen (secondary N) is 1. The summed E-state index contributed by atoms with van der Waals surface area (Å²) in [6.45, 7) is 3.62. The first-order valence-corrected chi connectivity index (χ1v) is 8.41. The third kappa shape index (κ3) is 3.70. The molecule has 1 unspecified atom stereocenters. The molecule has 1 fully saturated rings. The van der Waals surface area contributed by atoms with Crippen molar-refractivity contribution in [3.8, 4) is 17.2 Å². The molecule has 2 heterocycles. The molecule has 0 saturated carbocycles. The van der Waals surface area contributed by atoms with Crippen molar-refractivity contribution in [3.63, 3.8) is 0 Å². The van der Waals surface area contributed by atoms with E-state index in [1.165, 1.54) is 5.56 Å². The van der Waals surface area contributed by atoms with Gasteiger partial charge < -0.3 is 19.5 Å². The highest BCUT2D eigenvalue weighted by Crippen LogP contribution is 2.40. The number of ether oxygens (including phenoxy) is 3. The van der Waals surface area contributed by atoms with Gasteiger partial charge in [-0.05, 0) is 23.8 Å². The first-order chi connectivity index (χ1) is 12.3. The third-order valence-corrected chi connectivity index (χ3v) is 4.60. The number of rotatable bonds is 6. The zero-order valence-corrected chi connectivity index (χ0v) is 15.0. The zero-order chi connectivity index (χ0) is 17.6. The summed E-state index contributed by atoms with van der Waals surface area (Å²) in [5.74, 6) is 2.04. The molecule has 134 valence electrons. The van der Waals surface area contributed by atoms with E-state index in [1.807, 2.05) is 24.5 Å². The molecule has 1 atom stereocenters. The standard InChI is InChI=1S/C19H25N3O3/c1-23-17-5-4-15(18(24-2)19(17)25-3)13-22-11-10-21-12-16(22)14-6-8-20-9-7-14/h4-9,16,21H,10-13H2,1-3H3. The van der Waals surface area contributed by atoms with E-state index in [4.69, 9.17) is 14.2 Å². The Morgan fingerprint density at radius 2 is 1.80 bits per heavy atom. The van der Waals surface area contributed by atoms with Crippen LogP contribution in [0.3, 0.4) is 0 Å². The molecule has 25 heavy (non-hydrogen) atoms. The van der Waals surface area contributed by atoms with Gasteiger partial charge in [0.1, 0.15) is 0 Å². The fourth-order valence-corrected chi connectivity index (χ4v) is 3.36. The quantitative estimate of drug-likeness (QED) is 0.868.